The zero-order valence-electron chi connectivity index (χ0n) is 8.55. The number of aromatic nitrogens is 4. The van der Waals surface area contributed by atoms with E-state index in [-0.39, 0.29) is 5.92 Å². The summed E-state index contributed by atoms with van der Waals surface area (Å²) < 4.78 is 1.84. The highest BCUT2D eigenvalue weighted by atomic mass is 35.5. The van der Waals surface area contributed by atoms with Crippen LogP contribution >= 0.6 is 11.6 Å². The van der Waals surface area contributed by atoms with Crippen molar-refractivity contribution >= 4 is 11.6 Å². The summed E-state index contributed by atoms with van der Waals surface area (Å²) in [7, 11) is 0. The molecule has 0 aromatic carbocycles. The van der Waals surface area contributed by atoms with Crippen LogP contribution in [0.15, 0.2) is 25.0 Å². The fourth-order valence-corrected chi connectivity index (χ4v) is 1.80. The number of imidazole rings is 1. The molecule has 78 valence electrons. The molecule has 0 saturated carbocycles. The van der Waals surface area contributed by atoms with Gasteiger partial charge in [0, 0.05) is 18.0 Å². The van der Waals surface area contributed by atoms with Crippen LogP contribution < -0.4 is 0 Å². The molecule has 4 nitrogen and oxygen atoms in total. The van der Waals surface area contributed by atoms with E-state index in [2.05, 4.69) is 28.8 Å². The van der Waals surface area contributed by atoms with Gasteiger partial charge in [-0.2, -0.15) is 0 Å². The van der Waals surface area contributed by atoms with Crippen LogP contribution in [0.5, 0.6) is 0 Å². The van der Waals surface area contributed by atoms with Gasteiger partial charge in [-0.3, -0.25) is 4.57 Å². The normalized spacial score (nSPS) is 10.9. The molecule has 15 heavy (non-hydrogen) atoms. The Bertz CT molecular complexity index is 450. The predicted octanol–water partition coefficient (Wildman–Crippen LogP) is 2.44. The molecule has 0 aliphatic rings. The molecule has 0 atom stereocenters. The van der Waals surface area contributed by atoms with Crippen molar-refractivity contribution in [2.75, 3.05) is 0 Å². The van der Waals surface area contributed by atoms with E-state index in [9.17, 15) is 0 Å². The molecule has 0 N–H and O–H groups in total. The number of nitrogens with zero attached hydrogens (tertiary/aromatic N) is 4. The molecule has 2 heterocycles. The van der Waals surface area contributed by atoms with Gasteiger partial charge in [0.1, 0.15) is 23.6 Å². The van der Waals surface area contributed by atoms with Crippen molar-refractivity contribution in [2.45, 2.75) is 19.8 Å². The second kappa shape index (κ2) is 3.98. The first kappa shape index (κ1) is 10.1. The average Bonchev–Trinajstić information content (AvgIpc) is 2.69. The van der Waals surface area contributed by atoms with Gasteiger partial charge in [-0.25, -0.2) is 15.0 Å². The number of hydrogen-bond acceptors (Lipinski definition) is 3. The largest absolute Gasteiger partial charge is 0.290 e. The van der Waals surface area contributed by atoms with Gasteiger partial charge in [-0.05, 0) is 5.92 Å². The van der Waals surface area contributed by atoms with Gasteiger partial charge in [0.2, 0.25) is 0 Å². The highest BCUT2D eigenvalue weighted by Gasteiger charge is 2.14. The molecule has 0 radical (unpaired) electrons. The maximum absolute atomic E-state index is 6.06. The predicted molar refractivity (Wildman–Crippen MR) is 58.3 cm³/mol. The summed E-state index contributed by atoms with van der Waals surface area (Å²) in [4.78, 5) is 12.2. The maximum Gasteiger partial charge on any atom is 0.146 e. The standard InChI is InChI=1S/C10H11ClN4/c1-7(2)8-9(11)13-5-14-10(8)15-4-3-12-6-15/h3-7H,1-2H3. The van der Waals surface area contributed by atoms with Gasteiger partial charge in [0.05, 0.1) is 0 Å². The zero-order chi connectivity index (χ0) is 10.8. The SMILES string of the molecule is CC(C)c1c(Cl)ncnc1-n1ccnc1. The molecule has 0 spiro atoms. The smallest absolute Gasteiger partial charge is 0.146 e. The molecular weight excluding hydrogens is 212 g/mol. The summed E-state index contributed by atoms with van der Waals surface area (Å²) in [6.07, 6.45) is 6.71. The second-order valence-corrected chi connectivity index (χ2v) is 3.88. The fraction of sp³-hybridized carbons (Fsp3) is 0.300. The van der Waals surface area contributed by atoms with E-state index in [1.165, 1.54) is 6.33 Å². The monoisotopic (exact) mass is 222 g/mol. The van der Waals surface area contributed by atoms with Crippen LogP contribution in [0, 0.1) is 0 Å². The molecule has 0 fully saturated rings. The van der Waals surface area contributed by atoms with E-state index in [1.807, 2.05) is 10.8 Å². The average molecular weight is 223 g/mol. The van der Waals surface area contributed by atoms with Crippen LogP contribution in [0.25, 0.3) is 5.82 Å². The summed E-state index contributed by atoms with van der Waals surface area (Å²) in [6.45, 7) is 4.12. The van der Waals surface area contributed by atoms with Crippen molar-refractivity contribution in [3.05, 3.63) is 35.8 Å². The second-order valence-electron chi connectivity index (χ2n) is 3.53. The Morgan fingerprint density at radius 3 is 2.73 bits per heavy atom. The molecule has 0 aliphatic carbocycles. The zero-order valence-corrected chi connectivity index (χ0v) is 9.31. The summed E-state index contributed by atoms with van der Waals surface area (Å²) in [6, 6.07) is 0. The Hall–Kier alpha value is -1.42. The molecule has 2 rings (SSSR count). The summed E-state index contributed by atoms with van der Waals surface area (Å²) in [5.74, 6) is 1.07. The van der Waals surface area contributed by atoms with Crippen molar-refractivity contribution in [3.63, 3.8) is 0 Å². The van der Waals surface area contributed by atoms with Crippen LogP contribution in [0.3, 0.4) is 0 Å². The maximum atomic E-state index is 6.06. The van der Waals surface area contributed by atoms with E-state index in [4.69, 9.17) is 11.6 Å². The fourth-order valence-electron chi connectivity index (χ4n) is 1.45. The molecule has 2 aromatic heterocycles. The first-order chi connectivity index (χ1) is 7.20. The van der Waals surface area contributed by atoms with Crippen LogP contribution in [-0.4, -0.2) is 19.5 Å². The Balaban J connectivity index is 2.61. The lowest BCUT2D eigenvalue weighted by Crippen LogP contribution is -2.04. The molecule has 0 aliphatic heterocycles. The Kier molecular flexibility index (Phi) is 2.68. The lowest BCUT2D eigenvalue weighted by Gasteiger charge is -2.12. The van der Waals surface area contributed by atoms with E-state index in [1.54, 1.807) is 12.5 Å². The first-order valence-electron chi connectivity index (χ1n) is 4.69. The lowest BCUT2D eigenvalue weighted by molar-refractivity contribution is 0.814. The van der Waals surface area contributed by atoms with Gasteiger partial charge in [-0.1, -0.05) is 25.4 Å². The Labute approximate surface area is 93.0 Å². The van der Waals surface area contributed by atoms with Gasteiger partial charge >= 0.3 is 0 Å². The summed E-state index contributed by atoms with van der Waals surface area (Å²) in [5.41, 5.74) is 0.942. The van der Waals surface area contributed by atoms with Crippen molar-refractivity contribution in [1.82, 2.24) is 19.5 Å². The molecule has 0 unspecified atom stereocenters. The van der Waals surface area contributed by atoms with E-state index >= 15 is 0 Å². The van der Waals surface area contributed by atoms with Gasteiger partial charge < -0.3 is 0 Å². The summed E-state index contributed by atoms with van der Waals surface area (Å²) in [5, 5.41) is 0.503. The van der Waals surface area contributed by atoms with E-state index < -0.39 is 0 Å². The third-order valence-electron chi connectivity index (χ3n) is 2.14. The van der Waals surface area contributed by atoms with Crippen LogP contribution in [0.4, 0.5) is 0 Å². The topological polar surface area (TPSA) is 43.6 Å². The minimum Gasteiger partial charge on any atom is -0.290 e. The number of halogens is 1. The number of rotatable bonds is 2. The van der Waals surface area contributed by atoms with Crippen LogP contribution in [0.1, 0.15) is 25.3 Å². The Morgan fingerprint density at radius 1 is 1.33 bits per heavy atom. The molecule has 0 amide bonds. The van der Waals surface area contributed by atoms with Crippen LogP contribution in [-0.2, 0) is 0 Å². The molecule has 0 saturated heterocycles. The highest BCUT2D eigenvalue weighted by Crippen LogP contribution is 2.26. The first-order valence-corrected chi connectivity index (χ1v) is 5.06. The molecular formula is C10H11ClN4. The Morgan fingerprint density at radius 2 is 2.13 bits per heavy atom. The number of hydrogen-bond donors (Lipinski definition) is 0. The quantitative estimate of drug-likeness (QED) is 0.733. The van der Waals surface area contributed by atoms with Crippen molar-refractivity contribution < 1.29 is 0 Å². The van der Waals surface area contributed by atoms with Crippen molar-refractivity contribution in [3.8, 4) is 5.82 Å². The molecule has 0 bridgehead atoms. The van der Waals surface area contributed by atoms with Gasteiger partial charge in [0.25, 0.3) is 0 Å². The van der Waals surface area contributed by atoms with E-state index in [0.717, 1.165) is 11.4 Å². The van der Waals surface area contributed by atoms with Crippen molar-refractivity contribution in [1.29, 1.82) is 0 Å². The minimum atomic E-state index is 0.274. The third-order valence-corrected chi connectivity index (χ3v) is 2.44. The van der Waals surface area contributed by atoms with Gasteiger partial charge in [-0.15, -0.1) is 0 Å². The van der Waals surface area contributed by atoms with Crippen LogP contribution in [0.2, 0.25) is 5.15 Å². The molecule has 2 aromatic rings. The van der Waals surface area contributed by atoms with Gasteiger partial charge in [0.15, 0.2) is 0 Å². The minimum absolute atomic E-state index is 0.274. The van der Waals surface area contributed by atoms with E-state index in [0.29, 0.717) is 5.15 Å². The summed E-state index contributed by atoms with van der Waals surface area (Å²) >= 11 is 6.06. The van der Waals surface area contributed by atoms with Crippen molar-refractivity contribution in [2.24, 2.45) is 0 Å². The lowest BCUT2D eigenvalue weighted by atomic mass is 10.1. The molecule has 5 heteroatoms. The highest BCUT2D eigenvalue weighted by molar-refractivity contribution is 6.30. The third kappa shape index (κ3) is 1.85.